The van der Waals surface area contributed by atoms with Gasteiger partial charge < -0.3 is 10.2 Å². The molecule has 27 heavy (non-hydrogen) atoms. The highest BCUT2D eigenvalue weighted by molar-refractivity contribution is 7.89. The molecular weight excluding hydrogens is 405 g/mol. The van der Waals surface area contributed by atoms with Gasteiger partial charge in [0.05, 0.1) is 5.02 Å². The Labute approximate surface area is 169 Å². The standard InChI is InChI=1S/C19H21Cl2N3O2S/c20-15-4-5-17(21)19(12-15)27(25,26)24-9-6-16-14(13-24)2-1-3-18(16)23-10-7-22-8-11-23/h1-5,12,22H,6-11,13H2. The maximum atomic E-state index is 13.1. The first-order valence-electron chi connectivity index (χ1n) is 8.98. The van der Waals surface area contributed by atoms with Crippen molar-refractivity contribution in [3.05, 3.63) is 57.6 Å². The van der Waals surface area contributed by atoms with Crippen LogP contribution in [0.4, 0.5) is 5.69 Å². The van der Waals surface area contributed by atoms with Gasteiger partial charge in [-0.25, -0.2) is 8.42 Å². The van der Waals surface area contributed by atoms with E-state index < -0.39 is 10.0 Å². The first kappa shape index (κ1) is 19.0. The van der Waals surface area contributed by atoms with E-state index in [4.69, 9.17) is 23.2 Å². The summed E-state index contributed by atoms with van der Waals surface area (Å²) in [7, 11) is -3.70. The van der Waals surface area contributed by atoms with Crippen LogP contribution in [0.3, 0.4) is 0 Å². The highest BCUT2D eigenvalue weighted by Gasteiger charge is 2.31. The van der Waals surface area contributed by atoms with Gasteiger partial charge in [0.15, 0.2) is 0 Å². The number of anilines is 1. The number of hydrogen-bond acceptors (Lipinski definition) is 4. The second-order valence-corrected chi connectivity index (χ2v) is 9.57. The summed E-state index contributed by atoms with van der Waals surface area (Å²) in [5.74, 6) is 0. The molecule has 2 aliphatic rings. The average molecular weight is 426 g/mol. The van der Waals surface area contributed by atoms with Crippen LogP contribution in [-0.2, 0) is 23.0 Å². The van der Waals surface area contributed by atoms with Gasteiger partial charge in [0.25, 0.3) is 0 Å². The predicted octanol–water partition coefficient (Wildman–Crippen LogP) is 3.15. The maximum absolute atomic E-state index is 13.1. The molecule has 0 saturated carbocycles. The summed E-state index contributed by atoms with van der Waals surface area (Å²) < 4.78 is 27.7. The second kappa shape index (κ2) is 7.60. The third-order valence-electron chi connectivity index (χ3n) is 5.17. The zero-order valence-corrected chi connectivity index (χ0v) is 17.1. The number of halogens is 2. The molecule has 2 aromatic rings. The molecule has 0 radical (unpaired) electrons. The van der Waals surface area contributed by atoms with Crippen molar-refractivity contribution in [2.24, 2.45) is 0 Å². The third kappa shape index (κ3) is 3.69. The SMILES string of the molecule is O=S(=O)(c1cc(Cl)ccc1Cl)N1CCc2c(cccc2N2CCNCC2)C1. The van der Waals surface area contributed by atoms with Crippen LogP contribution in [-0.4, -0.2) is 45.4 Å². The van der Waals surface area contributed by atoms with E-state index in [9.17, 15) is 8.42 Å². The minimum atomic E-state index is -3.70. The lowest BCUT2D eigenvalue weighted by Gasteiger charge is -2.35. The Bertz CT molecular complexity index is 959. The van der Waals surface area contributed by atoms with Gasteiger partial charge in [0.2, 0.25) is 10.0 Å². The Morgan fingerprint density at radius 1 is 1.00 bits per heavy atom. The molecule has 8 heteroatoms. The lowest BCUT2D eigenvalue weighted by molar-refractivity contribution is 0.391. The number of piperazine rings is 1. The van der Waals surface area contributed by atoms with Crippen molar-refractivity contribution >= 4 is 38.9 Å². The van der Waals surface area contributed by atoms with E-state index in [0.29, 0.717) is 24.5 Å². The van der Waals surface area contributed by atoms with Crippen LogP contribution in [0.15, 0.2) is 41.3 Å². The van der Waals surface area contributed by atoms with Crippen LogP contribution in [0.5, 0.6) is 0 Å². The van der Waals surface area contributed by atoms with Crippen molar-refractivity contribution in [1.82, 2.24) is 9.62 Å². The molecule has 2 aromatic carbocycles. The zero-order chi connectivity index (χ0) is 19.0. The molecule has 2 aliphatic heterocycles. The van der Waals surface area contributed by atoms with E-state index in [1.807, 2.05) is 12.1 Å². The fourth-order valence-corrected chi connectivity index (χ4v) is 5.94. The molecule has 0 aromatic heterocycles. The van der Waals surface area contributed by atoms with Crippen LogP contribution < -0.4 is 10.2 Å². The molecule has 5 nitrogen and oxygen atoms in total. The molecule has 0 bridgehead atoms. The summed E-state index contributed by atoms with van der Waals surface area (Å²) in [6, 6.07) is 10.7. The van der Waals surface area contributed by atoms with Crippen LogP contribution in [0.1, 0.15) is 11.1 Å². The highest BCUT2D eigenvalue weighted by atomic mass is 35.5. The Hall–Kier alpha value is -1.31. The highest BCUT2D eigenvalue weighted by Crippen LogP contribution is 2.34. The van der Waals surface area contributed by atoms with Crippen LogP contribution >= 0.6 is 23.2 Å². The Morgan fingerprint density at radius 2 is 1.78 bits per heavy atom. The van der Waals surface area contributed by atoms with Gasteiger partial charge in [-0.1, -0.05) is 35.3 Å². The van der Waals surface area contributed by atoms with Gasteiger partial charge in [-0.3, -0.25) is 0 Å². The quantitative estimate of drug-likeness (QED) is 0.820. The number of nitrogens with zero attached hydrogens (tertiary/aromatic N) is 2. The lowest BCUT2D eigenvalue weighted by Crippen LogP contribution is -2.44. The fourth-order valence-electron chi connectivity index (χ4n) is 3.78. The summed E-state index contributed by atoms with van der Waals surface area (Å²) in [5.41, 5.74) is 3.54. The average Bonchev–Trinajstić information content (AvgIpc) is 2.69. The van der Waals surface area contributed by atoms with Crippen LogP contribution in [0.2, 0.25) is 10.0 Å². The monoisotopic (exact) mass is 425 g/mol. The zero-order valence-electron chi connectivity index (χ0n) is 14.8. The molecule has 0 spiro atoms. The third-order valence-corrected chi connectivity index (χ3v) is 7.74. The van der Waals surface area contributed by atoms with Crippen molar-refractivity contribution in [2.45, 2.75) is 17.9 Å². The summed E-state index contributed by atoms with van der Waals surface area (Å²) in [6.07, 6.45) is 0.687. The number of sulfonamides is 1. The van der Waals surface area contributed by atoms with E-state index in [1.165, 1.54) is 27.7 Å². The molecule has 0 atom stereocenters. The molecule has 1 saturated heterocycles. The normalized spacial score (nSPS) is 18.4. The van der Waals surface area contributed by atoms with Gasteiger partial charge in [-0.05, 0) is 41.8 Å². The topological polar surface area (TPSA) is 52.7 Å². The van der Waals surface area contributed by atoms with Gasteiger partial charge in [0.1, 0.15) is 4.90 Å². The van der Waals surface area contributed by atoms with Crippen molar-refractivity contribution in [3.63, 3.8) is 0 Å². The first-order chi connectivity index (χ1) is 13.0. The summed E-state index contributed by atoms with van der Waals surface area (Å²) in [4.78, 5) is 2.45. The molecule has 0 amide bonds. The number of nitrogens with one attached hydrogen (secondary N) is 1. The van der Waals surface area contributed by atoms with Crippen molar-refractivity contribution in [1.29, 1.82) is 0 Å². The van der Waals surface area contributed by atoms with E-state index in [0.717, 1.165) is 31.7 Å². The van der Waals surface area contributed by atoms with Crippen LogP contribution in [0, 0.1) is 0 Å². The molecular formula is C19H21Cl2N3O2S. The van der Waals surface area contributed by atoms with Crippen LogP contribution in [0.25, 0.3) is 0 Å². The smallest absolute Gasteiger partial charge is 0.244 e. The minimum absolute atomic E-state index is 0.0679. The molecule has 1 N–H and O–H groups in total. The molecule has 0 unspecified atom stereocenters. The first-order valence-corrected chi connectivity index (χ1v) is 11.2. The van der Waals surface area contributed by atoms with Crippen molar-refractivity contribution < 1.29 is 8.42 Å². The van der Waals surface area contributed by atoms with E-state index in [-0.39, 0.29) is 9.92 Å². The summed E-state index contributed by atoms with van der Waals surface area (Å²) in [5, 5.41) is 3.92. The summed E-state index contributed by atoms with van der Waals surface area (Å²) in [6.45, 7) is 4.66. The van der Waals surface area contributed by atoms with Gasteiger partial charge in [-0.2, -0.15) is 4.31 Å². The fraction of sp³-hybridized carbons (Fsp3) is 0.368. The number of benzene rings is 2. The number of rotatable bonds is 3. The lowest BCUT2D eigenvalue weighted by atomic mass is 9.98. The van der Waals surface area contributed by atoms with E-state index in [1.54, 1.807) is 6.07 Å². The molecule has 1 fully saturated rings. The Kier molecular flexibility index (Phi) is 5.36. The van der Waals surface area contributed by atoms with Gasteiger partial charge in [0, 0.05) is 50.0 Å². The maximum Gasteiger partial charge on any atom is 0.244 e. The molecule has 144 valence electrons. The molecule has 2 heterocycles. The Balaban J connectivity index is 1.64. The molecule has 0 aliphatic carbocycles. The van der Waals surface area contributed by atoms with E-state index >= 15 is 0 Å². The second-order valence-electron chi connectivity index (χ2n) is 6.82. The Morgan fingerprint density at radius 3 is 2.56 bits per heavy atom. The predicted molar refractivity (Wildman–Crippen MR) is 109 cm³/mol. The van der Waals surface area contributed by atoms with Gasteiger partial charge >= 0.3 is 0 Å². The summed E-state index contributed by atoms with van der Waals surface area (Å²) >= 11 is 12.1. The van der Waals surface area contributed by atoms with Gasteiger partial charge in [-0.15, -0.1) is 0 Å². The largest absolute Gasteiger partial charge is 0.369 e. The van der Waals surface area contributed by atoms with Crippen molar-refractivity contribution in [2.75, 3.05) is 37.6 Å². The number of hydrogen-bond donors (Lipinski definition) is 1. The molecule has 4 rings (SSSR count). The van der Waals surface area contributed by atoms with E-state index in [2.05, 4.69) is 16.3 Å². The minimum Gasteiger partial charge on any atom is -0.369 e. The van der Waals surface area contributed by atoms with Crippen molar-refractivity contribution in [3.8, 4) is 0 Å². The number of fused-ring (bicyclic) bond motifs is 1.